The summed E-state index contributed by atoms with van der Waals surface area (Å²) >= 11 is 0. The number of amides is 2. The van der Waals surface area contributed by atoms with Crippen molar-refractivity contribution in [1.29, 1.82) is 0 Å². The van der Waals surface area contributed by atoms with Crippen molar-refractivity contribution < 1.29 is 28.4 Å². The number of likely N-dealkylation sites (tertiary alicyclic amines) is 1. The first-order valence-corrected chi connectivity index (χ1v) is 9.47. The molecule has 1 heterocycles. The molecule has 0 bridgehead atoms. The zero-order valence-electron chi connectivity index (χ0n) is 17.6. The van der Waals surface area contributed by atoms with Gasteiger partial charge in [-0.2, -0.15) is 5.92 Å². The zero-order chi connectivity index (χ0) is 19.2. The fourth-order valence-corrected chi connectivity index (χ4v) is 2.60. The third-order valence-corrected chi connectivity index (χ3v) is 4.59. The molecule has 0 saturated carbocycles. The molecule has 0 unspecified atom stereocenters. The number of carbonyl (C=O) groups is 2. The van der Waals surface area contributed by atoms with Crippen LogP contribution in [0.15, 0.2) is 0 Å². The summed E-state index contributed by atoms with van der Waals surface area (Å²) in [6, 6.07) is 0. The first-order valence-electron chi connectivity index (χ1n) is 9.47. The Kier molecular flexibility index (Phi) is 17.8. The molecule has 1 aliphatic rings. The van der Waals surface area contributed by atoms with Crippen LogP contribution in [0.25, 0.3) is 0 Å². The summed E-state index contributed by atoms with van der Waals surface area (Å²) in [5.41, 5.74) is 0. The Balaban J connectivity index is 0. The second kappa shape index (κ2) is 16.7. The fourth-order valence-electron chi connectivity index (χ4n) is 2.60. The monoisotopic (exact) mass is 359 g/mol. The largest absolute Gasteiger partial charge is 1.00 e. The minimum Gasteiger partial charge on any atom is -0.403 e. The number of hydrogen-bond acceptors (Lipinski definition) is 3. The van der Waals surface area contributed by atoms with E-state index in [0.717, 1.165) is 18.8 Å². The normalized spacial score (nSPS) is 14.7. The van der Waals surface area contributed by atoms with E-state index in [0.29, 0.717) is 32.5 Å². The standard InChI is InChI=1S/C13H24N2O2.C7H14N.Li/c1-5-12(16)14(4)11-9-8-10-13(17)15(6-2)7-3;1-7-3-5-8(2)6-4-7;/h2-3,5-11H2,1,4H3;7H,1,3-6H2,2H3;/q-2;-1;+1. The van der Waals surface area contributed by atoms with Gasteiger partial charge in [-0.15, -0.1) is 13.1 Å². The summed E-state index contributed by atoms with van der Waals surface area (Å²) in [6.45, 7) is 17.4. The van der Waals surface area contributed by atoms with E-state index in [1.54, 1.807) is 16.8 Å². The van der Waals surface area contributed by atoms with Gasteiger partial charge in [0.05, 0.1) is 0 Å². The summed E-state index contributed by atoms with van der Waals surface area (Å²) in [7, 11) is 3.97. The number of unbranched alkanes of at least 4 members (excludes halogenated alkanes) is 1. The molecule has 0 aromatic carbocycles. The third-order valence-electron chi connectivity index (χ3n) is 4.59. The molecule has 0 aromatic heterocycles. The van der Waals surface area contributed by atoms with Crippen LogP contribution in [-0.4, -0.2) is 73.3 Å². The molecular weight excluding hydrogens is 321 g/mol. The average molecular weight is 359 g/mol. The van der Waals surface area contributed by atoms with Gasteiger partial charge in [0, 0.05) is 26.4 Å². The van der Waals surface area contributed by atoms with E-state index in [-0.39, 0.29) is 30.7 Å². The van der Waals surface area contributed by atoms with Gasteiger partial charge in [0.2, 0.25) is 11.8 Å². The van der Waals surface area contributed by atoms with Gasteiger partial charge >= 0.3 is 18.9 Å². The maximum atomic E-state index is 11.6. The molecule has 1 aliphatic heterocycles. The summed E-state index contributed by atoms with van der Waals surface area (Å²) < 4.78 is 0. The van der Waals surface area contributed by atoms with Crippen molar-refractivity contribution in [3.05, 3.63) is 20.8 Å². The Bertz CT molecular complexity index is 358. The summed E-state index contributed by atoms with van der Waals surface area (Å²) in [5.74, 6) is 0.971. The van der Waals surface area contributed by atoms with Crippen molar-refractivity contribution in [2.45, 2.75) is 45.4 Å². The molecule has 1 rings (SSSR count). The van der Waals surface area contributed by atoms with Crippen LogP contribution in [0.1, 0.15) is 45.4 Å². The molecule has 0 aliphatic carbocycles. The minimum atomic E-state index is 0. The van der Waals surface area contributed by atoms with Crippen LogP contribution < -0.4 is 18.9 Å². The van der Waals surface area contributed by atoms with Gasteiger partial charge in [0.25, 0.3) is 0 Å². The predicted octanol–water partition coefficient (Wildman–Crippen LogP) is -0.312. The second-order valence-electron chi connectivity index (χ2n) is 6.75. The molecule has 26 heavy (non-hydrogen) atoms. The van der Waals surface area contributed by atoms with E-state index in [4.69, 9.17) is 0 Å². The van der Waals surface area contributed by atoms with Gasteiger partial charge in [-0.05, 0) is 33.0 Å². The number of nitrogens with zero attached hydrogens (tertiary/aromatic N) is 3. The Morgan fingerprint density at radius 3 is 2.04 bits per heavy atom. The summed E-state index contributed by atoms with van der Waals surface area (Å²) in [5, 5.41) is 0. The summed E-state index contributed by atoms with van der Waals surface area (Å²) in [4.78, 5) is 28.6. The van der Waals surface area contributed by atoms with E-state index in [1.165, 1.54) is 25.9 Å². The average Bonchev–Trinajstić information content (AvgIpc) is 2.61. The molecule has 0 aromatic rings. The molecule has 0 N–H and O–H groups in total. The number of rotatable bonds is 8. The third kappa shape index (κ3) is 12.8. The Morgan fingerprint density at radius 1 is 1.08 bits per heavy atom. The van der Waals surface area contributed by atoms with Crippen LogP contribution in [0.3, 0.4) is 0 Å². The van der Waals surface area contributed by atoms with Crippen molar-refractivity contribution in [2.24, 2.45) is 5.92 Å². The van der Waals surface area contributed by atoms with E-state index >= 15 is 0 Å². The van der Waals surface area contributed by atoms with Crippen molar-refractivity contribution in [3.63, 3.8) is 0 Å². The minimum absolute atomic E-state index is 0. The van der Waals surface area contributed by atoms with Gasteiger partial charge in [-0.3, -0.25) is 9.59 Å². The Labute approximate surface area is 174 Å². The van der Waals surface area contributed by atoms with Crippen LogP contribution >= 0.6 is 0 Å². The van der Waals surface area contributed by atoms with Crippen molar-refractivity contribution in [1.82, 2.24) is 14.7 Å². The second-order valence-corrected chi connectivity index (χ2v) is 6.75. The van der Waals surface area contributed by atoms with Crippen molar-refractivity contribution in [2.75, 3.05) is 46.8 Å². The molecule has 2 amide bonds. The first-order chi connectivity index (χ1) is 11.8. The van der Waals surface area contributed by atoms with Gasteiger partial charge < -0.3 is 35.5 Å². The van der Waals surface area contributed by atoms with Crippen molar-refractivity contribution in [3.8, 4) is 0 Å². The van der Waals surface area contributed by atoms with Gasteiger partial charge in [0.1, 0.15) is 0 Å². The number of hydrogen-bond donors (Lipinski definition) is 0. The van der Waals surface area contributed by atoms with Crippen LogP contribution in [0, 0.1) is 26.7 Å². The fraction of sp³-hybridized carbons (Fsp3) is 0.750. The van der Waals surface area contributed by atoms with E-state index in [2.05, 4.69) is 32.7 Å². The quantitative estimate of drug-likeness (QED) is 0.339. The van der Waals surface area contributed by atoms with Gasteiger partial charge in [0.15, 0.2) is 0 Å². The van der Waals surface area contributed by atoms with Crippen LogP contribution in [0.4, 0.5) is 0 Å². The van der Waals surface area contributed by atoms with Crippen LogP contribution in [-0.2, 0) is 9.59 Å². The van der Waals surface area contributed by atoms with E-state index in [9.17, 15) is 9.59 Å². The maximum absolute atomic E-state index is 11.6. The molecule has 148 valence electrons. The zero-order valence-corrected chi connectivity index (χ0v) is 17.6. The van der Waals surface area contributed by atoms with Gasteiger partial charge in [-0.25, -0.2) is 0 Å². The molecule has 6 heteroatoms. The van der Waals surface area contributed by atoms with Crippen LogP contribution in [0.5, 0.6) is 0 Å². The number of piperidine rings is 1. The van der Waals surface area contributed by atoms with E-state index in [1.807, 2.05) is 6.92 Å². The number of carbonyl (C=O) groups excluding carboxylic acids is 2. The molecule has 5 nitrogen and oxygen atoms in total. The molecule has 1 fully saturated rings. The SMILES string of the molecule is [CH2-]C1CCN(C)CC1.[CH2-]CN(C[CH2-])C(=O)CCCCN(C)C(=O)CC.[Li+]. The molecule has 0 radical (unpaired) electrons. The smallest absolute Gasteiger partial charge is 0.403 e. The molecule has 1 saturated heterocycles. The molecule has 0 atom stereocenters. The Hall–Kier alpha value is -0.503. The van der Waals surface area contributed by atoms with Crippen LogP contribution in [0.2, 0.25) is 0 Å². The maximum Gasteiger partial charge on any atom is 1.00 e. The Morgan fingerprint density at radius 2 is 1.62 bits per heavy atom. The van der Waals surface area contributed by atoms with Gasteiger partial charge in [-0.1, -0.05) is 19.8 Å². The predicted molar refractivity (Wildman–Crippen MR) is 105 cm³/mol. The topological polar surface area (TPSA) is 43.9 Å². The first kappa shape index (κ1) is 27.7. The summed E-state index contributed by atoms with van der Waals surface area (Å²) in [6.07, 6.45) is 5.28. The molecule has 0 spiro atoms. The van der Waals surface area contributed by atoms with E-state index < -0.39 is 0 Å². The van der Waals surface area contributed by atoms with Crippen molar-refractivity contribution >= 4 is 11.8 Å². The molecular formula is C20H38LiN3O2-2.